The van der Waals surface area contributed by atoms with Crippen LogP contribution in [0, 0.1) is 5.82 Å². The Bertz CT molecular complexity index is 1070. The number of anilines is 1. The molecule has 0 aliphatic carbocycles. The predicted octanol–water partition coefficient (Wildman–Crippen LogP) is 4.96. The molecule has 0 amide bonds. The number of fused-ring (bicyclic) bond motifs is 1. The van der Waals surface area contributed by atoms with E-state index in [1.165, 1.54) is 6.07 Å². The van der Waals surface area contributed by atoms with Crippen LogP contribution in [0.1, 0.15) is 5.56 Å². The van der Waals surface area contributed by atoms with Crippen molar-refractivity contribution >= 4 is 22.9 Å². The van der Waals surface area contributed by atoms with Gasteiger partial charge in [-0.15, -0.1) is 0 Å². The van der Waals surface area contributed by atoms with Gasteiger partial charge >= 0.3 is 0 Å². The fraction of sp³-hybridized carbons (Fsp3) is 0.0500. The third kappa shape index (κ3) is 3.09. The minimum absolute atomic E-state index is 0.0195. The van der Waals surface area contributed by atoms with Gasteiger partial charge in [0.25, 0.3) is 0 Å². The van der Waals surface area contributed by atoms with Gasteiger partial charge in [0.2, 0.25) is 0 Å². The minimum Gasteiger partial charge on any atom is -0.485 e. The normalized spacial score (nSPS) is 11.0. The molecular weight excluding hydrogens is 353 g/mol. The summed E-state index contributed by atoms with van der Waals surface area (Å²) >= 11 is 6.06. The van der Waals surface area contributed by atoms with Crippen molar-refractivity contribution in [2.75, 3.05) is 5.73 Å². The van der Waals surface area contributed by atoms with Crippen molar-refractivity contribution in [2.24, 2.45) is 0 Å². The molecule has 0 unspecified atom stereocenters. The monoisotopic (exact) mass is 367 g/mol. The van der Waals surface area contributed by atoms with E-state index in [1.54, 1.807) is 18.2 Å². The standard InChI is InChI=1S/C20H15ClFN3O/c21-16-6-2-7-17(22)15(16)12-26-19-8-3-9-25-11-18(24-20(19)25)13-4-1-5-14(23)10-13/h1-11H,12,23H2. The summed E-state index contributed by atoms with van der Waals surface area (Å²) in [6.07, 6.45) is 3.77. The van der Waals surface area contributed by atoms with Crippen LogP contribution in [0.2, 0.25) is 5.02 Å². The van der Waals surface area contributed by atoms with E-state index >= 15 is 0 Å². The van der Waals surface area contributed by atoms with Crippen molar-refractivity contribution < 1.29 is 9.13 Å². The summed E-state index contributed by atoms with van der Waals surface area (Å²) in [6.45, 7) is 0.0195. The minimum atomic E-state index is -0.395. The average Bonchev–Trinajstić information content (AvgIpc) is 3.06. The maximum absolute atomic E-state index is 13.9. The zero-order valence-corrected chi connectivity index (χ0v) is 14.4. The fourth-order valence-electron chi connectivity index (χ4n) is 2.76. The number of nitrogens with two attached hydrogens (primary N) is 1. The second kappa shape index (κ2) is 6.69. The van der Waals surface area contributed by atoms with Gasteiger partial charge < -0.3 is 14.9 Å². The summed E-state index contributed by atoms with van der Waals surface area (Å²) in [6, 6.07) is 15.7. The first-order valence-corrected chi connectivity index (χ1v) is 8.39. The molecule has 0 atom stereocenters. The Balaban J connectivity index is 1.68. The van der Waals surface area contributed by atoms with Gasteiger partial charge in [-0.3, -0.25) is 0 Å². The van der Waals surface area contributed by atoms with Gasteiger partial charge in [0.15, 0.2) is 11.4 Å². The highest BCUT2D eigenvalue weighted by Gasteiger charge is 2.12. The highest BCUT2D eigenvalue weighted by molar-refractivity contribution is 6.31. The number of rotatable bonds is 4. The molecule has 2 aromatic carbocycles. The SMILES string of the molecule is Nc1cccc(-c2cn3cccc(OCc4c(F)cccc4Cl)c3n2)c1. The molecule has 0 saturated carbocycles. The largest absolute Gasteiger partial charge is 0.485 e. The number of imidazole rings is 1. The smallest absolute Gasteiger partial charge is 0.180 e. The number of benzene rings is 2. The second-order valence-corrected chi connectivity index (χ2v) is 6.25. The molecule has 2 aromatic heterocycles. The molecular formula is C20H15ClFN3O. The van der Waals surface area contributed by atoms with Gasteiger partial charge in [-0.2, -0.15) is 0 Å². The number of nitrogen functional groups attached to an aromatic ring is 1. The van der Waals surface area contributed by atoms with Crippen molar-refractivity contribution in [1.29, 1.82) is 0 Å². The molecule has 4 nitrogen and oxygen atoms in total. The lowest BCUT2D eigenvalue weighted by Crippen LogP contribution is -2.01. The molecule has 4 rings (SSSR count). The Morgan fingerprint density at radius 3 is 2.77 bits per heavy atom. The van der Waals surface area contributed by atoms with Crippen molar-refractivity contribution in [3.05, 3.63) is 83.4 Å². The summed E-state index contributed by atoms with van der Waals surface area (Å²) < 4.78 is 21.6. The number of aromatic nitrogens is 2. The summed E-state index contributed by atoms with van der Waals surface area (Å²) in [5.41, 5.74) is 9.17. The van der Waals surface area contributed by atoms with Gasteiger partial charge in [0.05, 0.1) is 10.7 Å². The van der Waals surface area contributed by atoms with E-state index in [9.17, 15) is 4.39 Å². The summed E-state index contributed by atoms with van der Waals surface area (Å²) in [5, 5.41) is 0.334. The Morgan fingerprint density at radius 1 is 1.12 bits per heavy atom. The molecule has 2 heterocycles. The zero-order valence-electron chi connectivity index (χ0n) is 13.7. The van der Waals surface area contributed by atoms with Crippen LogP contribution in [0.3, 0.4) is 0 Å². The van der Waals surface area contributed by atoms with E-state index in [4.69, 9.17) is 22.1 Å². The Morgan fingerprint density at radius 2 is 1.96 bits per heavy atom. The topological polar surface area (TPSA) is 52.5 Å². The number of halogens is 2. The van der Waals surface area contributed by atoms with Crippen molar-refractivity contribution in [1.82, 2.24) is 9.38 Å². The van der Waals surface area contributed by atoms with Gasteiger partial charge in [0.1, 0.15) is 12.4 Å². The van der Waals surface area contributed by atoms with Crippen LogP contribution in [0.15, 0.2) is 67.0 Å². The Hall–Kier alpha value is -3.05. The number of nitrogens with zero attached hydrogens (tertiary/aromatic N) is 2. The molecule has 0 aliphatic rings. The average molecular weight is 368 g/mol. The highest BCUT2D eigenvalue weighted by Crippen LogP contribution is 2.27. The summed E-state index contributed by atoms with van der Waals surface area (Å²) in [5.74, 6) is 0.148. The van der Waals surface area contributed by atoms with E-state index in [-0.39, 0.29) is 6.61 Å². The molecule has 0 saturated heterocycles. The van der Waals surface area contributed by atoms with Crippen LogP contribution in [-0.2, 0) is 6.61 Å². The van der Waals surface area contributed by atoms with Crippen LogP contribution >= 0.6 is 11.6 Å². The van der Waals surface area contributed by atoms with E-state index in [0.29, 0.717) is 27.7 Å². The molecule has 4 aromatic rings. The van der Waals surface area contributed by atoms with E-state index in [2.05, 4.69) is 4.98 Å². The molecule has 0 spiro atoms. The van der Waals surface area contributed by atoms with Crippen LogP contribution < -0.4 is 10.5 Å². The van der Waals surface area contributed by atoms with Crippen LogP contribution in [-0.4, -0.2) is 9.38 Å². The number of hydrogen-bond donors (Lipinski definition) is 1. The molecule has 130 valence electrons. The molecule has 6 heteroatoms. The Kier molecular flexibility index (Phi) is 4.22. The van der Waals surface area contributed by atoms with Crippen molar-refractivity contribution in [3.63, 3.8) is 0 Å². The zero-order chi connectivity index (χ0) is 18.1. The molecule has 2 N–H and O–H groups in total. The van der Waals surface area contributed by atoms with E-state index in [1.807, 2.05) is 47.1 Å². The molecule has 0 aliphatic heterocycles. The Labute approximate surface area is 154 Å². The summed E-state index contributed by atoms with van der Waals surface area (Å²) in [7, 11) is 0. The number of hydrogen-bond acceptors (Lipinski definition) is 3. The van der Waals surface area contributed by atoms with Crippen LogP contribution in [0.5, 0.6) is 5.75 Å². The highest BCUT2D eigenvalue weighted by atomic mass is 35.5. The lowest BCUT2D eigenvalue weighted by Gasteiger charge is -2.09. The number of ether oxygens (including phenoxy) is 1. The quantitative estimate of drug-likeness (QED) is 0.519. The van der Waals surface area contributed by atoms with Crippen LogP contribution in [0.4, 0.5) is 10.1 Å². The predicted molar refractivity (Wildman–Crippen MR) is 101 cm³/mol. The van der Waals surface area contributed by atoms with Gasteiger partial charge in [-0.25, -0.2) is 9.37 Å². The first-order chi connectivity index (χ1) is 12.6. The van der Waals surface area contributed by atoms with E-state index in [0.717, 1.165) is 11.3 Å². The molecule has 0 bridgehead atoms. The first kappa shape index (κ1) is 16.4. The van der Waals surface area contributed by atoms with Gasteiger partial charge in [0, 0.05) is 29.2 Å². The number of pyridine rings is 1. The lowest BCUT2D eigenvalue weighted by atomic mass is 10.1. The molecule has 26 heavy (non-hydrogen) atoms. The fourth-order valence-corrected chi connectivity index (χ4v) is 2.97. The van der Waals surface area contributed by atoms with Gasteiger partial charge in [-0.1, -0.05) is 29.8 Å². The third-order valence-electron chi connectivity index (χ3n) is 4.06. The first-order valence-electron chi connectivity index (χ1n) is 8.01. The van der Waals surface area contributed by atoms with Crippen molar-refractivity contribution in [2.45, 2.75) is 6.61 Å². The molecule has 0 fully saturated rings. The summed E-state index contributed by atoms with van der Waals surface area (Å²) in [4.78, 5) is 4.64. The maximum Gasteiger partial charge on any atom is 0.180 e. The van der Waals surface area contributed by atoms with E-state index < -0.39 is 5.82 Å². The maximum atomic E-state index is 13.9. The van der Waals surface area contributed by atoms with Crippen molar-refractivity contribution in [3.8, 4) is 17.0 Å². The van der Waals surface area contributed by atoms with Gasteiger partial charge in [-0.05, 0) is 36.4 Å². The molecule has 0 radical (unpaired) electrons. The second-order valence-electron chi connectivity index (χ2n) is 5.84. The third-order valence-corrected chi connectivity index (χ3v) is 4.42. The van der Waals surface area contributed by atoms with Crippen LogP contribution in [0.25, 0.3) is 16.9 Å². The lowest BCUT2D eigenvalue weighted by molar-refractivity contribution is 0.302.